The molecule has 1 aromatic rings. The highest BCUT2D eigenvalue weighted by atomic mass is 79.9. The molecule has 1 aliphatic carbocycles. The molecule has 1 saturated carbocycles. The largest absolute Gasteiger partial charge is 0.383 e. The molecule has 2 rings (SSSR count). The van der Waals surface area contributed by atoms with Gasteiger partial charge in [0.1, 0.15) is 10.4 Å². The second-order valence-corrected chi connectivity index (χ2v) is 6.93. The van der Waals surface area contributed by atoms with Crippen molar-refractivity contribution in [3.8, 4) is 0 Å². The number of nitrogen functional groups attached to an aromatic ring is 1. The molecule has 0 spiro atoms. The third-order valence-electron chi connectivity index (χ3n) is 4.31. The van der Waals surface area contributed by atoms with E-state index < -0.39 is 0 Å². The third-order valence-corrected chi connectivity index (χ3v) is 4.71. The second kappa shape index (κ2) is 6.26. The van der Waals surface area contributed by atoms with E-state index in [2.05, 4.69) is 57.1 Å². The quantitative estimate of drug-likeness (QED) is 0.824. The standard InChI is InChI=1S/C14H24BrN5/c1-10-5-4-6-14(8-10,20(2)3)9-17-13-18-11(15)7-12(16)19-13/h7,10H,4-6,8-9H2,1-3H3,(H3,16,17,18,19). The summed E-state index contributed by atoms with van der Waals surface area (Å²) in [6, 6.07) is 1.70. The number of hydrogen-bond donors (Lipinski definition) is 2. The Bertz CT molecular complexity index is 445. The molecule has 6 heteroatoms. The van der Waals surface area contributed by atoms with Gasteiger partial charge in [-0.25, -0.2) is 4.98 Å². The summed E-state index contributed by atoms with van der Waals surface area (Å²) in [6.45, 7) is 3.19. The minimum absolute atomic E-state index is 0.179. The second-order valence-electron chi connectivity index (χ2n) is 6.11. The molecule has 2 atom stereocenters. The van der Waals surface area contributed by atoms with E-state index >= 15 is 0 Å². The van der Waals surface area contributed by atoms with Crippen molar-refractivity contribution in [1.29, 1.82) is 0 Å². The summed E-state index contributed by atoms with van der Waals surface area (Å²) in [5.41, 5.74) is 5.93. The lowest BCUT2D eigenvalue weighted by Crippen LogP contribution is -2.52. The number of nitrogens with two attached hydrogens (primary N) is 1. The van der Waals surface area contributed by atoms with Crippen LogP contribution in [-0.2, 0) is 0 Å². The number of halogens is 1. The highest BCUT2D eigenvalue weighted by Gasteiger charge is 2.36. The Morgan fingerprint density at radius 2 is 2.25 bits per heavy atom. The van der Waals surface area contributed by atoms with Crippen LogP contribution in [0.3, 0.4) is 0 Å². The van der Waals surface area contributed by atoms with Crippen molar-refractivity contribution in [2.24, 2.45) is 5.92 Å². The third kappa shape index (κ3) is 3.61. The Hall–Kier alpha value is -0.880. The highest BCUT2D eigenvalue weighted by molar-refractivity contribution is 9.10. The highest BCUT2D eigenvalue weighted by Crippen LogP contribution is 2.35. The molecule has 1 heterocycles. The predicted octanol–water partition coefficient (Wildman–Crippen LogP) is 2.74. The summed E-state index contributed by atoms with van der Waals surface area (Å²) in [5, 5.41) is 3.36. The van der Waals surface area contributed by atoms with Gasteiger partial charge in [-0.1, -0.05) is 19.8 Å². The molecule has 0 aliphatic heterocycles. The van der Waals surface area contributed by atoms with Gasteiger partial charge in [-0.2, -0.15) is 4.98 Å². The van der Waals surface area contributed by atoms with Crippen LogP contribution >= 0.6 is 15.9 Å². The van der Waals surface area contributed by atoms with Gasteiger partial charge in [0.25, 0.3) is 0 Å². The molecule has 0 bridgehead atoms. The van der Waals surface area contributed by atoms with Gasteiger partial charge in [-0.05, 0) is 48.8 Å². The average Bonchev–Trinajstić information content (AvgIpc) is 2.35. The van der Waals surface area contributed by atoms with Gasteiger partial charge < -0.3 is 16.0 Å². The Kier molecular flexibility index (Phi) is 4.86. The number of nitrogens with zero attached hydrogens (tertiary/aromatic N) is 3. The maximum absolute atomic E-state index is 5.75. The minimum Gasteiger partial charge on any atom is -0.383 e. The summed E-state index contributed by atoms with van der Waals surface area (Å²) in [4.78, 5) is 10.9. The number of aromatic nitrogens is 2. The van der Waals surface area contributed by atoms with E-state index in [1.807, 2.05) is 0 Å². The van der Waals surface area contributed by atoms with Crippen molar-refractivity contribution in [3.05, 3.63) is 10.7 Å². The van der Waals surface area contributed by atoms with Gasteiger partial charge in [0.05, 0.1) is 0 Å². The Labute approximate surface area is 129 Å². The number of rotatable bonds is 4. The molecule has 112 valence electrons. The Morgan fingerprint density at radius 1 is 1.50 bits per heavy atom. The first-order valence-corrected chi connectivity index (χ1v) is 7.92. The molecule has 20 heavy (non-hydrogen) atoms. The van der Waals surface area contributed by atoms with Crippen LogP contribution in [0.15, 0.2) is 10.7 Å². The van der Waals surface area contributed by atoms with Crippen molar-refractivity contribution < 1.29 is 0 Å². The molecule has 1 fully saturated rings. The van der Waals surface area contributed by atoms with Gasteiger partial charge in [0, 0.05) is 18.2 Å². The maximum atomic E-state index is 5.75. The lowest BCUT2D eigenvalue weighted by Gasteiger charge is -2.45. The fourth-order valence-electron chi connectivity index (χ4n) is 3.11. The zero-order chi connectivity index (χ0) is 14.8. The number of nitrogens with one attached hydrogen (secondary N) is 1. The van der Waals surface area contributed by atoms with E-state index in [1.165, 1.54) is 25.7 Å². The van der Waals surface area contributed by atoms with E-state index in [4.69, 9.17) is 5.73 Å². The van der Waals surface area contributed by atoms with E-state index in [0.29, 0.717) is 16.4 Å². The maximum Gasteiger partial charge on any atom is 0.225 e. The smallest absolute Gasteiger partial charge is 0.225 e. The molecule has 0 saturated heterocycles. The van der Waals surface area contributed by atoms with Crippen LogP contribution in [-0.4, -0.2) is 41.0 Å². The van der Waals surface area contributed by atoms with Crippen LogP contribution in [0.4, 0.5) is 11.8 Å². The molecule has 2 unspecified atom stereocenters. The Morgan fingerprint density at radius 3 is 2.85 bits per heavy atom. The lowest BCUT2D eigenvalue weighted by atomic mass is 9.75. The van der Waals surface area contributed by atoms with Crippen LogP contribution in [0.2, 0.25) is 0 Å². The van der Waals surface area contributed by atoms with Crippen LogP contribution in [0.1, 0.15) is 32.6 Å². The fraction of sp³-hybridized carbons (Fsp3) is 0.714. The van der Waals surface area contributed by atoms with E-state index in [9.17, 15) is 0 Å². The molecular formula is C14H24BrN5. The molecule has 3 N–H and O–H groups in total. The molecular weight excluding hydrogens is 318 g/mol. The SMILES string of the molecule is CC1CCCC(CNc2nc(N)cc(Br)n2)(N(C)C)C1. The normalized spacial score (nSPS) is 26.8. The Balaban J connectivity index is 2.09. The summed E-state index contributed by atoms with van der Waals surface area (Å²) < 4.78 is 0.711. The predicted molar refractivity (Wildman–Crippen MR) is 86.7 cm³/mol. The number of anilines is 2. The number of likely N-dealkylation sites (N-methyl/N-ethyl adjacent to an activating group) is 1. The van der Waals surface area contributed by atoms with Crippen LogP contribution in [0.25, 0.3) is 0 Å². The molecule has 1 aliphatic rings. The van der Waals surface area contributed by atoms with Gasteiger partial charge in [0.15, 0.2) is 0 Å². The fourth-order valence-corrected chi connectivity index (χ4v) is 3.52. The topological polar surface area (TPSA) is 67.1 Å². The van der Waals surface area contributed by atoms with Gasteiger partial charge in [-0.15, -0.1) is 0 Å². The van der Waals surface area contributed by atoms with E-state index in [0.717, 1.165) is 12.5 Å². The van der Waals surface area contributed by atoms with Crippen molar-refractivity contribution >= 4 is 27.7 Å². The first-order valence-electron chi connectivity index (χ1n) is 7.13. The van der Waals surface area contributed by atoms with Crippen molar-refractivity contribution in [3.63, 3.8) is 0 Å². The van der Waals surface area contributed by atoms with Crippen molar-refractivity contribution in [2.75, 3.05) is 31.7 Å². The zero-order valence-corrected chi connectivity index (χ0v) is 14.1. The first kappa shape index (κ1) is 15.5. The summed E-state index contributed by atoms with van der Waals surface area (Å²) in [6.07, 6.45) is 5.02. The number of hydrogen-bond acceptors (Lipinski definition) is 5. The summed E-state index contributed by atoms with van der Waals surface area (Å²) in [5.74, 6) is 1.84. The first-order chi connectivity index (χ1) is 9.41. The molecule has 1 aromatic heterocycles. The molecule has 5 nitrogen and oxygen atoms in total. The monoisotopic (exact) mass is 341 g/mol. The summed E-state index contributed by atoms with van der Waals surface area (Å²) >= 11 is 3.35. The zero-order valence-electron chi connectivity index (χ0n) is 12.5. The van der Waals surface area contributed by atoms with Crippen molar-refractivity contribution in [2.45, 2.75) is 38.1 Å². The van der Waals surface area contributed by atoms with Gasteiger partial charge in [-0.3, -0.25) is 0 Å². The van der Waals surface area contributed by atoms with Gasteiger partial charge in [0.2, 0.25) is 5.95 Å². The average molecular weight is 342 g/mol. The minimum atomic E-state index is 0.179. The van der Waals surface area contributed by atoms with Crippen molar-refractivity contribution in [1.82, 2.24) is 14.9 Å². The molecule has 0 radical (unpaired) electrons. The summed E-state index contributed by atoms with van der Waals surface area (Å²) in [7, 11) is 4.33. The van der Waals surface area contributed by atoms with Crippen LogP contribution < -0.4 is 11.1 Å². The molecule has 0 amide bonds. The van der Waals surface area contributed by atoms with Crippen LogP contribution in [0.5, 0.6) is 0 Å². The van der Waals surface area contributed by atoms with Crippen LogP contribution in [0, 0.1) is 5.92 Å². The van der Waals surface area contributed by atoms with E-state index in [-0.39, 0.29) is 5.54 Å². The van der Waals surface area contributed by atoms with E-state index in [1.54, 1.807) is 6.07 Å². The van der Waals surface area contributed by atoms with Gasteiger partial charge >= 0.3 is 0 Å². The molecule has 0 aromatic carbocycles. The lowest BCUT2D eigenvalue weighted by molar-refractivity contribution is 0.0881.